The number of hydrogen-bond acceptors (Lipinski definition) is 3. The number of halogens is 3. The highest BCUT2D eigenvalue weighted by molar-refractivity contribution is 14.3. The highest BCUT2D eigenvalue weighted by atomic mass is 127. The van der Waals surface area contributed by atoms with Crippen LogP contribution in [0.2, 0.25) is 5.02 Å². The summed E-state index contributed by atoms with van der Waals surface area (Å²) in [5.74, 6) is 0.614. The quantitative estimate of drug-likeness (QED) is 0.425. The molecule has 0 unspecified atom stereocenters. The maximum atomic E-state index is 6.21. The van der Waals surface area contributed by atoms with Gasteiger partial charge in [-0.3, -0.25) is 3.97 Å². The Labute approximate surface area is 129 Å². The Kier molecular flexibility index (Phi) is 4.85. The van der Waals surface area contributed by atoms with Crippen molar-refractivity contribution in [2.75, 3.05) is 7.11 Å². The van der Waals surface area contributed by atoms with Crippen molar-refractivity contribution in [3.8, 4) is 5.75 Å². The fourth-order valence-corrected chi connectivity index (χ4v) is 6.24. The van der Waals surface area contributed by atoms with Gasteiger partial charge in [0.05, 0.1) is 18.3 Å². The van der Waals surface area contributed by atoms with Gasteiger partial charge < -0.3 is 4.74 Å². The summed E-state index contributed by atoms with van der Waals surface area (Å²) in [6.07, 6.45) is 3.64. The molecule has 0 spiro atoms. The summed E-state index contributed by atoms with van der Waals surface area (Å²) in [5, 5.41) is 1.55. The Balaban J connectivity index is 2.53. The van der Waals surface area contributed by atoms with Crippen molar-refractivity contribution in [3.05, 3.63) is 23.5 Å². The Morgan fingerprint density at radius 1 is 1.56 bits per heavy atom. The lowest BCUT2D eigenvalue weighted by atomic mass is 10.3. The van der Waals surface area contributed by atoms with Gasteiger partial charge in [0.1, 0.15) is 2.41 Å². The first kappa shape index (κ1) is 13.5. The van der Waals surface area contributed by atoms with E-state index < -0.39 is 0 Å². The van der Waals surface area contributed by atoms with Crippen LogP contribution in [0.3, 0.4) is 0 Å². The van der Waals surface area contributed by atoms with E-state index in [0.717, 1.165) is 11.0 Å². The minimum Gasteiger partial charge on any atom is -0.494 e. The maximum Gasteiger partial charge on any atom is 0.156 e. The molecular formula is C8H6ClI2N2OPS. The van der Waals surface area contributed by atoms with Gasteiger partial charge in [0, 0.05) is 23.2 Å². The van der Waals surface area contributed by atoms with Gasteiger partial charge in [0.15, 0.2) is 11.4 Å². The number of nitrogens with zero attached hydrogens (tertiary/aromatic N) is 2. The molecule has 2 heterocycles. The Morgan fingerprint density at radius 2 is 2.31 bits per heavy atom. The summed E-state index contributed by atoms with van der Waals surface area (Å²) >= 11 is 12.8. The van der Waals surface area contributed by atoms with E-state index in [1.54, 1.807) is 24.9 Å². The van der Waals surface area contributed by atoms with Gasteiger partial charge in [0.2, 0.25) is 0 Å². The second kappa shape index (κ2) is 5.77. The summed E-state index contributed by atoms with van der Waals surface area (Å²) < 4.78 is 7.04. The number of fused-ring (bicyclic) bond motifs is 1. The van der Waals surface area contributed by atoms with Crippen molar-refractivity contribution in [2.24, 2.45) is 0 Å². The molecule has 86 valence electrons. The molecule has 0 aromatic carbocycles. The molecule has 0 fully saturated rings. The highest BCUT2D eigenvalue weighted by Gasteiger charge is 2.12. The SMILES string of the molecule is COc1cnc2c(ccn2SP(I)I)c1Cl. The molecule has 0 aliphatic heterocycles. The first-order valence-corrected chi connectivity index (χ1v) is 12.8. The zero-order valence-electron chi connectivity index (χ0n) is 8.02. The molecule has 2 rings (SSSR count). The van der Waals surface area contributed by atoms with Gasteiger partial charge in [-0.15, -0.1) is 0 Å². The lowest BCUT2D eigenvalue weighted by Gasteiger charge is -2.06. The first-order chi connectivity index (χ1) is 7.63. The number of aromatic nitrogens is 2. The van der Waals surface area contributed by atoms with Crippen LogP contribution >= 0.6 is 69.7 Å². The van der Waals surface area contributed by atoms with Crippen LogP contribution in [-0.2, 0) is 0 Å². The molecule has 3 nitrogen and oxygen atoms in total. The molecular weight excluding hydrogens is 492 g/mol. The number of ether oxygens (including phenoxy) is 1. The first-order valence-electron chi connectivity index (χ1n) is 4.13. The minimum atomic E-state index is -0.140. The third-order valence-corrected chi connectivity index (χ3v) is 7.01. The van der Waals surface area contributed by atoms with E-state index in [2.05, 4.69) is 49.1 Å². The Morgan fingerprint density at radius 3 is 2.94 bits per heavy atom. The van der Waals surface area contributed by atoms with Crippen molar-refractivity contribution >= 4 is 80.7 Å². The molecule has 0 atom stereocenters. The zero-order chi connectivity index (χ0) is 11.7. The summed E-state index contributed by atoms with van der Waals surface area (Å²) in [7, 11) is 1.59. The number of pyridine rings is 1. The molecule has 16 heavy (non-hydrogen) atoms. The van der Waals surface area contributed by atoms with Crippen molar-refractivity contribution in [1.82, 2.24) is 8.96 Å². The van der Waals surface area contributed by atoms with Gasteiger partial charge in [-0.05, 0) is 50.1 Å². The van der Waals surface area contributed by atoms with Gasteiger partial charge in [-0.1, -0.05) is 11.6 Å². The average molecular weight is 498 g/mol. The van der Waals surface area contributed by atoms with E-state index in [4.69, 9.17) is 16.3 Å². The highest BCUT2D eigenvalue weighted by Crippen LogP contribution is 2.65. The Bertz CT molecular complexity index is 522. The molecule has 2 aromatic heterocycles. The molecule has 0 aliphatic carbocycles. The molecule has 0 bridgehead atoms. The summed E-state index contributed by atoms with van der Waals surface area (Å²) in [6.45, 7) is 0. The van der Waals surface area contributed by atoms with Crippen molar-refractivity contribution < 1.29 is 4.74 Å². The van der Waals surface area contributed by atoms with Crippen LogP contribution in [0.1, 0.15) is 0 Å². The zero-order valence-corrected chi connectivity index (χ0v) is 14.8. The molecule has 0 radical (unpaired) electrons. The van der Waals surface area contributed by atoms with E-state index in [9.17, 15) is 0 Å². The second-order valence-corrected chi connectivity index (χ2v) is 21.0. The van der Waals surface area contributed by atoms with Crippen LogP contribution in [0.4, 0.5) is 0 Å². The number of hydrogen-bond donors (Lipinski definition) is 0. The standard InChI is InChI=1S/C8H6ClI2N2OPS/c1-14-6-4-12-8-5(7(6)9)2-3-13(8)16-15(10)11/h2-4H,1H3. The molecule has 8 heteroatoms. The molecule has 0 saturated heterocycles. The van der Waals surface area contributed by atoms with Gasteiger partial charge >= 0.3 is 0 Å². The van der Waals surface area contributed by atoms with Crippen molar-refractivity contribution in [3.63, 3.8) is 0 Å². The van der Waals surface area contributed by atoms with Crippen LogP contribution in [0.5, 0.6) is 5.75 Å². The van der Waals surface area contributed by atoms with Crippen LogP contribution in [0, 0.1) is 0 Å². The predicted molar refractivity (Wildman–Crippen MR) is 89.2 cm³/mol. The fourth-order valence-electron chi connectivity index (χ4n) is 1.29. The third kappa shape index (κ3) is 2.71. The molecule has 0 aliphatic rings. The van der Waals surface area contributed by atoms with Gasteiger partial charge in [0.25, 0.3) is 0 Å². The van der Waals surface area contributed by atoms with E-state index in [1.165, 1.54) is 0 Å². The number of rotatable bonds is 3. The monoisotopic (exact) mass is 498 g/mol. The average Bonchev–Trinajstić information content (AvgIpc) is 2.62. The molecule has 2 aromatic rings. The van der Waals surface area contributed by atoms with Gasteiger partial charge in [-0.25, -0.2) is 4.98 Å². The molecule has 0 saturated carbocycles. The van der Waals surface area contributed by atoms with Crippen molar-refractivity contribution in [2.45, 2.75) is 0 Å². The van der Waals surface area contributed by atoms with Crippen LogP contribution in [0.25, 0.3) is 11.0 Å². The van der Waals surface area contributed by atoms with Gasteiger partial charge in [-0.2, -0.15) is 0 Å². The largest absolute Gasteiger partial charge is 0.494 e. The molecule has 0 N–H and O–H groups in total. The van der Waals surface area contributed by atoms with E-state index in [1.807, 2.05) is 16.2 Å². The van der Waals surface area contributed by atoms with E-state index >= 15 is 0 Å². The van der Waals surface area contributed by atoms with Crippen LogP contribution < -0.4 is 4.74 Å². The number of methoxy groups -OCH3 is 1. The van der Waals surface area contributed by atoms with Crippen LogP contribution in [0.15, 0.2) is 18.5 Å². The fraction of sp³-hybridized carbons (Fsp3) is 0.125. The minimum absolute atomic E-state index is 0.140. The summed E-state index contributed by atoms with van der Waals surface area (Å²) in [5.41, 5.74) is 0.886. The molecule has 0 amide bonds. The summed E-state index contributed by atoms with van der Waals surface area (Å²) in [4.78, 5) is 4.36. The summed E-state index contributed by atoms with van der Waals surface area (Å²) in [6, 6.07) is 1.96. The predicted octanol–water partition coefficient (Wildman–Crippen LogP) is 5.29. The van der Waals surface area contributed by atoms with E-state index in [-0.39, 0.29) is 2.41 Å². The maximum absolute atomic E-state index is 6.21. The lowest BCUT2D eigenvalue weighted by molar-refractivity contribution is 0.414. The smallest absolute Gasteiger partial charge is 0.156 e. The Hall–Kier alpha value is 1.02. The second-order valence-electron chi connectivity index (χ2n) is 2.80. The van der Waals surface area contributed by atoms with E-state index in [0.29, 0.717) is 10.8 Å². The normalized spacial score (nSPS) is 11.3. The van der Waals surface area contributed by atoms with Crippen molar-refractivity contribution in [1.29, 1.82) is 0 Å². The lowest BCUT2D eigenvalue weighted by Crippen LogP contribution is -1.89. The third-order valence-electron chi connectivity index (χ3n) is 1.95. The van der Waals surface area contributed by atoms with Crippen LogP contribution in [-0.4, -0.2) is 16.1 Å². The topological polar surface area (TPSA) is 27.1 Å².